The molecule has 0 bridgehead atoms. The van der Waals surface area contributed by atoms with E-state index in [0.717, 1.165) is 0 Å². The lowest BCUT2D eigenvalue weighted by Gasteiger charge is -2.14. The third-order valence-corrected chi connectivity index (χ3v) is 2.84. The predicted octanol–water partition coefficient (Wildman–Crippen LogP) is -0.875. The molecule has 3 atom stereocenters. The van der Waals surface area contributed by atoms with Crippen LogP contribution in [0.5, 0.6) is 0 Å². The fourth-order valence-corrected chi connectivity index (χ4v) is 1.85. The van der Waals surface area contributed by atoms with Gasteiger partial charge in [0.1, 0.15) is 12.3 Å². The van der Waals surface area contributed by atoms with Crippen molar-refractivity contribution in [3.8, 4) is 12.3 Å². The Hall–Kier alpha value is -1.88. The fraction of sp³-hybridized carbons (Fsp3) is 0.538. The Morgan fingerprint density at radius 3 is 2.70 bits per heavy atom. The van der Waals surface area contributed by atoms with Gasteiger partial charge in [0.2, 0.25) is 0 Å². The number of aromatic amines is 1. The highest BCUT2D eigenvalue weighted by molar-refractivity contribution is 5.02. The van der Waals surface area contributed by atoms with Crippen LogP contribution in [0, 0.1) is 19.3 Å². The normalized spacial score (nSPS) is 24.6. The zero-order valence-corrected chi connectivity index (χ0v) is 11.4. The lowest BCUT2D eigenvalue weighted by Crippen LogP contribution is -2.33. The van der Waals surface area contributed by atoms with E-state index in [0.29, 0.717) is 5.56 Å². The SMILES string of the molecule is C#CC.Cc1cn([C@H]2C[C@H](O)[C@@H](CO)O2)c(=O)[nH]c1=O. The average Bonchev–Trinajstić information content (AvgIpc) is 2.76. The number of nitrogens with one attached hydrogen (secondary N) is 1. The monoisotopic (exact) mass is 282 g/mol. The first-order valence-corrected chi connectivity index (χ1v) is 6.08. The maximum atomic E-state index is 11.6. The topological polar surface area (TPSA) is 105 Å². The Morgan fingerprint density at radius 2 is 2.20 bits per heavy atom. The molecule has 7 nitrogen and oxygen atoms in total. The van der Waals surface area contributed by atoms with Gasteiger partial charge in [0.15, 0.2) is 0 Å². The molecular weight excluding hydrogens is 264 g/mol. The number of aromatic nitrogens is 2. The van der Waals surface area contributed by atoms with E-state index >= 15 is 0 Å². The second-order valence-electron chi connectivity index (χ2n) is 4.38. The highest BCUT2D eigenvalue weighted by Gasteiger charge is 2.34. The number of hydrogen-bond acceptors (Lipinski definition) is 5. The molecule has 0 radical (unpaired) electrons. The maximum absolute atomic E-state index is 11.6. The summed E-state index contributed by atoms with van der Waals surface area (Å²) in [6, 6.07) is 0. The van der Waals surface area contributed by atoms with Gasteiger partial charge in [0.25, 0.3) is 5.56 Å². The number of nitrogens with zero attached hydrogens (tertiary/aromatic N) is 1. The van der Waals surface area contributed by atoms with Gasteiger partial charge in [-0.05, 0) is 13.8 Å². The quantitative estimate of drug-likeness (QED) is 0.611. The summed E-state index contributed by atoms with van der Waals surface area (Å²) in [7, 11) is 0. The number of aliphatic hydroxyl groups is 2. The van der Waals surface area contributed by atoms with Gasteiger partial charge in [0.05, 0.1) is 12.7 Å². The van der Waals surface area contributed by atoms with Gasteiger partial charge < -0.3 is 14.9 Å². The Morgan fingerprint density at radius 1 is 1.60 bits per heavy atom. The molecule has 110 valence electrons. The fourth-order valence-electron chi connectivity index (χ4n) is 1.85. The van der Waals surface area contributed by atoms with E-state index in [4.69, 9.17) is 9.84 Å². The van der Waals surface area contributed by atoms with E-state index in [2.05, 4.69) is 17.3 Å². The van der Waals surface area contributed by atoms with Crippen molar-refractivity contribution in [3.63, 3.8) is 0 Å². The van der Waals surface area contributed by atoms with Crippen LogP contribution in [0.25, 0.3) is 0 Å². The molecule has 2 rings (SSSR count). The molecule has 1 aromatic heterocycles. The summed E-state index contributed by atoms with van der Waals surface area (Å²) >= 11 is 0. The van der Waals surface area contributed by atoms with E-state index in [1.54, 1.807) is 13.8 Å². The number of aliphatic hydroxyl groups excluding tert-OH is 2. The highest BCUT2D eigenvalue weighted by atomic mass is 16.5. The third kappa shape index (κ3) is 3.57. The molecule has 0 aromatic carbocycles. The summed E-state index contributed by atoms with van der Waals surface area (Å²) in [6.07, 6.45) is 4.02. The lowest BCUT2D eigenvalue weighted by molar-refractivity contribution is -0.0459. The zero-order valence-electron chi connectivity index (χ0n) is 11.4. The Bertz CT molecular complexity index is 598. The van der Waals surface area contributed by atoms with Crippen LogP contribution in [-0.4, -0.2) is 38.6 Å². The van der Waals surface area contributed by atoms with E-state index in [1.807, 2.05) is 0 Å². The van der Waals surface area contributed by atoms with Gasteiger partial charge in [-0.15, -0.1) is 12.3 Å². The number of aryl methyl sites for hydroxylation is 1. The first kappa shape index (κ1) is 16.2. The first-order chi connectivity index (χ1) is 9.44. The minimum absolute atomic E-state index is 0.205. The highest BCUT2D eigenvalue weighted by Crippen LogP contribution is 2.27. The summed E-state index contributed by atoms with van der Waals surface area (Å²) in [5.41, 5.74) is -0.643. The summed E-state index contributed by atoms with van der Waals surface area (Å²) in [5, 5.41) is 18.5. The van der Waals surface area contributed by atoms with E-state index < -0.39 is 29.7 Å². The minimum Gasteiger partial charge on any atom is -0.394 e. The van der Waals surface area contributed by atoms with Crippen LogP contribution >= 0.6 is 0 Å². The van der Waals surface area contributed by atoms with Crippen molar-refractivity contribution in [1.82, 2.24) is 9.55 Å². The van der Waals surface area contributed by atoms with Crippen molar-refractivity contribution in [1.29, 1.82) is 0 Å². The Balaban J connectivity index is 0.000000612. The molecule has 1 aliphatic heterocycles. The molecule has 20 heavy (non-hydrogen) atoms. The van der Waals surface area contributed by atoms with Crippen LogP contribution in [0.3, 0.4) is 0 Å². The summed E-state index contributed by atoms with van der Waals surface area (Å²) in [6.45, 7) is 2.92. The van der Waals surface area contributed by atoms with E-state index in [9.17, 15) is 14.7 Å². The molecule has 3 N–H and O–H groups in total. The second-order valence-corrected chi connectivity index (χ2v) is 4.38. The molecule has 1 fully saturated rings. The van der Waals surface area contributed by atoms with Crippen molar-refractivity contribution in [3.05, 3.63) is 32.6 Å². The average molecular weight is 282 g/mol. The Labute approximate surface area is 115 Å². The van der Waals surface area contributed by atoms with Crippen molar-refractivity contribution < 1.29 is 14.9 Å². The third-order valence-electron chi connectivity index (χ3n) is 2.84. The number of terminal acetylenes is 1. The molecule has 0 spiro atoms. The molecule has 0 aliphatic carbocycles. The second kappa shape index (κ2) is 7.05. The van der Waals surface area contributed by atoms with Crippen LogP contribution in [0.1, 0.15) is 25.1 Å². The van der Waals surface area contributed by atoms with Crippen molar-refractivity contribution in [2.24, 2.45) is 0 Å². The summed E-state index contributed by atoms with van der Waals surface area (Å²) in [4.78, 5) is 24.9. The molecule has 0 amide bonds. The van der Waals surface area contributed by atoms with E-state index in [-0.39, 0.29) is 13.0 Å². The molecule has 2 heterocycles. The molecule has 1 aromatic rings. The number of rotatable bonds is 2. The van der Waals surface area contributed by atoms with Gasteiger partial charge in [-0.3, -0.25) is 14.3 Å². The summed E-state index contributed by atoms with van der Waals surface area (Å²) < 4.78 is 6.54. The molecular formula is C13H18N2O5. The van der Waals surface area contributed by atoms with Crippen LogP contribution in [0.15, 0.2) is 15.8 Å². The van der Waals surface area contributed by atoms with Crippen LogP contribution < -0.4 is 11.2 Å². The maximum Gasteiger partial charge on any atom is 0.330 e. The molecule has 1 aliphatic rings. The smallest absolute Gasteiger partial charge is 0.330 e. The Kier molecular flexibility index (Phi) is 5.70. The van der Waals surface area contributed by atoms with Crippen molar-refractivity contribution in [2.45, 2.75) is 38.7 Å². The van der Waals surface area contributed by atoms with Gasteiger partial charge >= 0.3 is 5.69 Å². The molecule has 0 saturated carbocycles. The summed E-state index contributed by atoms with van der Waals surface area (Å²) in [5.74, 6) is 2.25. The first-order valence-electron chi connectivity index (χ1n) is 6.08. The molecule has 0 unspecified atom stereocenters. The van der Waals surface area contributed by atoms with Crippen LogP contribution in [0.2, 0.25) is 0 Å². The van der Waals surface area contributed by atoms with Gasteiger partial charge in [0, 0.05) is 18.2 Å². The molecule has 1 saturated heterocycles. The van der Waals surface area contributed by atoms with Gasteiger partial charge in [-0.25, -0.2) is 4.79 Å². The van der Waals surface area contributed by atoms with Crippen molar-refractivity contribution in [2.75, 3.05) is 6.61 Å². The number of H-pyrrole nitrogens is 1. The van der Waals surface area contributed by atoms with Crippen LogP contribution in [0.4, 0.5) is 0 Å². The predicted molar refractivity (Wildman–Crippen MR) is 72.2 cm³/mol. The number of ether oxygens (including phenoxy) is 1. The van der Waals surface area contributed by atoms with Gasteiger partial charge in [-0.1, -0.05) is 0 Å². The van der Waals surface area contributed by atoms with Crippen LogP contribution in [-0.2, 0) is 4.74 Å². The largest absolute Gasteiger partial charge is 0.394 e. The zero-order chi connectivity index (χ0) is 15.3. The lowest BCUT2D eigenvalue weighted by atomic mass is 10.2. The minimum atomic E-state index is -0.816. The number of hydrogen-bond donors (Lipinski definition) is 3. The van der Waals surface area contributed by atoms with Gasteiger partial charge in [-0.2, -0.15) is 0 Å². The van der Waals surface area contributed by atoms with E-state index in [1.165, 1.54) is 10.8 Å². The van der Waals surface area contributed by atoms with Crippen molar-refractivity contribution >= 4 is 0 Å². The molecule has 7 heteroatoms. The standard InChI is InChI=1S/C10H14N2O5.C3H4/c1-5-3-12(10(16)11-9(5)15)8-2-6(14)7(4-13)17-8;1-3-2/h3,6-8,13-14H,2,4H2,1H3,(H,11,15,16);1H,2H3/t6-,7+,8+;/m0./s1.